The van der Waals surface area contributed by atoms with Crippen molar-refractivity contribution in [2.75, 3.05) is 0 Å². The van der Waals surface area contributed by atoms with Crippen molar-refractivity contribution in [1.29, 1.82) is 0 Å². The zero-order valence-corrected chi connectivity index (χ0v) is 15.1. The zero-order valence-electron chi connectivity index (χ0n) is 15.1. The van der Waals surface area contributed by atoms with E-state index in [9.17, 15) is 9.90 Å². The van der Waals surface area contributed by atoms with E-state index in [1.54, 1.807) is 0 Å². The Morgan fingerprint density at radius 2 is 1.88 bits per heavy atom. The van der Waals surface area contributed by atoms with E-state index in [1.807, 2.05) is 18.2 Å². The fraction of sp³-hybridized carbons (Fsp3) is 0.667. The molecular formula is C21H34O3. The molecule has 3 heteroatoms. The largest absolute Gasteiger partial charge is 0.481 e. The van der Waals surface area contributed by atoms with Crippen molar-refractivity contribution in [2.24, 2.45) is 11.8 Å². The maximum atomic E-state index is 10.4. The van der Waals surface area contributed by atoms with Crippen LogP contribution in [0.25, 0.3) is 0 Å². The Hall–Kier alpha value is -1.35. The minimum Gasteiger partial charge on any atom is -0.481 e. The van der Waals surface area contributed by atoms with E-state index in [4.69, 9.17) is 5.11 Å². The number of aliphatic carboxylic acids is 1. The number of hydrogen-bond donors (Lipinski definition) is 2. The first-order valence-electron chi connectivity index (χ1n) is 9.51. The van der Waals surface area contributed by atoms with Gasteiger partial charge in [0.2, 0.25) is 0 Å². The smallest absolute Gasteiger partial charge is 0.303 e. The van der Waals surface area contributed by atoms with Gasteiger partial charge >= 0.3 is 5.97 Å². The minimum absolute atomic E-state index is 0.211. The number of rotatable bonds is 14. The lowest BCUT2D eigenvalue weighted by atomic mass is 10.1. The lowest BCUT2D eigenvalue weighted by molar-refractivity contribution is -0.137. The molecule has 0 aliphatic heterocycles. The fourth-order valence-electron chi connectivity index (χ4n) is 2.75. The molecule has 0 saturated heterocycles. The lowest BCUT2D eigenvalue weighted by Gasteiger charge is -2.00. The van der Waals surface area contributed by atoms with Crippen LogP contribution in [-0.2, 0) is 4.79 Å². The van der Waals surface area contributed by atoms with Crippen LogP contribution in [0.4, 0.5) is 0 Å². The first-order chi connectivity index (χ1) is 11.6. The summed E-state index contributed by atoms with van der Waals surface area (Å²) in [6, 6.07) is 0. The van der Waals surface area contributed by atoms with Gasteiger partial charge in [0.05, 0.1) is 6.10 Å². The standard InChI is InChI=1S/C21H34O3/c1-2-3-4-5-6-9-12-18-17-19(18)15-16-20(22)13-10-7-8-11-14-21(23)24/h6-7,9-10,15-16,18-20,22H,2-5,8,11-14,17H2,1H3,(H,23,24)/b9-6-,10-7-,16-15+. The Bertz CT molecular complexity index is 423. The Morgan fingerprint density at radius 3 is 2.62 bits per heavy atom. The Morgan fingerprint density at radius 1 is 1.12 bits per heavy atom. The maximum Gasteiger partial charge on any atom is 0.303 e. The summed E-state index contributed by atoms with van der Waals surface area (Å²) in [7, 11) is 0. The van der Waals surface area contributed by atoms with Gasteiger partial charge in [0.1, 0.15) is 0 Å². The predicted octanol–water partition coefficient (Wildman–Crippen LogP) is 5.27. The molecule has 0 bridgehead atoms. The number of carbonyl (C=O) groups is 1. The van der Waals surface area contributed by atoms with Gasteiger partial charge in [0.15, 0.2) is 0 Å². The number of allylic oxidation sites excluding steroid dienone is 4. The van der Waals surface area contributed by atoms with Crippen molar-refractivity contribution < 1.29 is 15.0 Å². The molecule has 1 aliphatic rings. The number of carboxylic acid groups (broad SMARTS) is 1. The first kappa shape index (κ1) is 20.7. The van der Waals surface area contributed by atoms with Crippen molar-refractivity contribution >= 4 is 5.97 Å². The molecule has 2 N–H and O–H groups in total. The van der Waals surface area contributed by atoms with Crippen molar-refractivity contribution in [1.82, 2.24) is 0 Å². The van der Waals surface area contributed by atoms with E-state index in [0.29, 0.717) is 18.8 Å². The van der Waals surface area contributed by atoms with E-state index in [0.717, 1.165) is 12.3 Å². The average molecular weight is 335 g/mol. The molecule has 0 radical (unpaired) electrons. The first-order valence-corrected chi connectivity index (χ1v) is 9.51. The summed E-state index contributed by atoms with van der Waals surface area (Å²) >= 11 is 0. The molecule has 1 rings (SSSR count). The Labute approximate surface area is 147 Å². The van der Waals surface area contributed by atoms with Gasteiger partial charge in [-0.2, -0.15) is 0 Å². The van der Waals surface area contributed by atoms with Gasteiger partial charge in [-0.1, -0.05) is 56.2 Å². The molecule has 0 heterocycles. The zero-order chi connectivity index (χ0) is 17.6. The summed E-state index contributed by atoms with van der Waals surface area (Å²) in [6.07, 6.45) is 22.0. The molecule has 0 amide bonds. The molecule has 0 spiro atoms. The molecular weight excluding hydrogens is 300 g/mol. The van der Waals surface area contributed by atoms with E-state index in [-0.39, 0.29) is 6.42 Å². The quantitative estimate of drug-likeness (QED) is 0.336. The number of aliphatic hydroxyl groups is 1. The number of carboxylic acids is 1. The van der Waals surface area contributed by atoms with Gasteiger partial charge in [-0.3, -0.25) is 4.79 Å². The molecule has 1 fully saturated rings. The average Bonchev–Trinajstić information content (AvgIpc) is 3.30. The molecule has 0 aromatic rings. The summed E-state index contributed by atoms with van der Waals surface area (Å²) in [5, 5.41) is 18.4. The van der Waals surface area contributed by atoms with Crippen LogP contribution in [0.1, 0.15) is 71.1 Å². The SMILES string of the molecule is CCCCC/C=C\CC1CC1/C=C/C(O)C/C=C\CCCC(=O)O. The molecule has 3 atom stereocenters. The van der Waals surface area contributed by atoms with Gasteiger partial charge in [-0.15, -0.1) is 0 Å². The summed E-state index contributed by atoms with van der Waals surface area (Å²) in [5.74, 6) is 0.656. The second-order valence-electron chi connectivity index (χ2n) is 6.81. The third-order valence-corrected chi connectivity index (χ3v) is 4.44. The van der Waals surface area contributed by atoms with Crippen molar-refractivity contribution in [3.63, 3.8) is 0 Å². The fourth-order valence-corrected chi connectivity index (χ4v) is 2.75. The minimum atomic E-state index is -0.749. The summed E-state index contributed by atoms with van der Waals surface area (Å²) in [4.78, 5) is 10.4. The predicted molar refractivity (Wildman–Crippen MR) is 99.9 cm³/mol. The van der Waals surface area contributed by atoms with Gasteiger partial charge in [-0.25, -0.2) is 0 Å². The molecule has 0 aromatic heterocycles. The molecule has 1 aliphatic carbocycles. The second-order valence-corrected chi connectivity index (χ2v) is 6.81. The summed E-state index contributed by atoms with van der Waals surface area (Å²) in [5.41, 5.74) is 0. The van der Waals surface area contributed by atoms with Crippen LogP contribution in [0, 0.1) is 11.8 Å². The highest BCUT2D eigenvalue weighted by atomic mass is 16.4. The monoisotopic (exact) mass is 334 g/mol. The highest BCUT2D eigenvalue weighted by molar-refractivity contribution is 5.66. The van der Waals surface area contributed by atoms with E-state index >= 15 is 0 Å². The van der Waals surface area contributed by atoms with E-state index in [2.05, 4.69) is 25.2 Å². The van der Waals surface area contributed by atoms with E-state index < -0.39 is 12.1 Å². The lowest BCUT2D eigenvalue weighted by Crippen LogP contribution is -1.99. The highest BCUT2D eigenvalue weighted by Gasteiger charge is 2.33. The number of hydrogen-bond acceptors (Lipinski definition) is 2. The Kier molecular flexibility index (Phi) is 11.2. The van der Waals surface area contributed by atoms with Gasteiger partial charge in [0, 0.05) is 6.42 Å². The van der Waals surface area contributed by atoms with Gasteiger partial charge < -0.3 is 10.2 Å². The molecule has 136 valence electrons. The normalized spacial score (nSPS) is 21.9. The molecule has 3 unspecified atom stereocenters. The molecule has 24 heavy (non-hydrogen) atoms. The second kappa shape index (κ2) is 13.0. The van der Waals surface area contributed by atoms with E-state index in [1.165, 1.54) is 38.5 Å². The highest BCUT2D eigenvalue weighted by Crippen LogP contribution is 2.42. The van der Waals surface area contributed by atoms with Crippen LogP contribution in [0.3, 0.4) is 0 Å². The number of aliphatic hydroxyl groups excluding tert-OH is 1. The summed E-state index contributed by atoms with van der Waals surface area (Å²) in [6.45, 7) is 2.23. The van der Waals surface area contributed by atoms with Crippen LogP contribution < -0.4 is 0 Å². The third-order valence-electron chi connectivity index (χ3n) is 4.44. The maximum absolute atomic E-state index is 10.4. The Balaban J connectivity index is 2.04. The van der Waals surface area contributed by atoms with Crippen molar-refractivity contribution in [2.45, 2.75) is 77.2 Å². The van der Waals surface area contributed by atoms with Crippen LogP contribution in [0.2, 0.25) is 0 Å². The van der Waals surface area contributed by atoms with Crippen molar-refractivity contribution in [3.8, 4) is 0 Å². The molecule has 3 nitrogen and oxygen atoms in total. The summed E-state index contributed by atoms with van der Waals surface area (Å²) < 4.78 is 0. The third kappa shape index (κ3) is 11.2. The molecule has 1 saturated carbocycles. The number of unbranched alkanes of at least 4 members (excludes halogenated alkanes) is 4. The topological polar surface area (TPSA) is 57.5 Å². The van der Waals surface area contributed by atoms with Crippen LogP contribution in [0.5, 0.6) is 0 Å². The van der Waals surface area contributed by atoms with Crippen LogP contribution in [0.15, 0.2) is 36.5 Å². The van der Waals surface area contributed by atoms with Crippen LogP contribution >= 0.6 is 0 Å². The van der Waals surface area contributed by atoms with Crippen LogP contribution in [-0.4, -0.2) is 22.3 Å². The van der Waals surface area contributed by atoms with Gasteiger partial charge in [0.25, 0.3) is 0 Å². The van der Waals surface area contributed by atoms with Crippen molar-refractivity contribution in [3.05, 3.63) is 36.5 Å². The van der Waals surface area contributed by atoms with Gasteiger partial charge in [-0.05, 0) is 56.8 Å². The molecule has 0 aromatic carbocycles.